The second-order valence-electron chi connectivity index (χ2n) is 7.25. The molecule has 0 spiro atoms. The highest BCUT2D eigenvalue weighted by molar-refractivity contribution is 5.73. The Morgan fingerprint density at radius 1 is 1.00 bits per heavy atom. The van der Waals surface area contributed by atoms with Crippen molar-refractivity contribution in [2.75, 3.05) is 0 Å². The lowest BCUT2D eigenvalue weighted by atomic mass is 9.83. The lowest BCUT2D eigenvalue weighted by Crippen LogP contribution is -2.41. The summed E-state index contributed by atoms with van der Waals surface area (Å²) in [5.41, 5.74) is 3.43. The Morgan fingerprint density at radius 3 is 2.71 bits per heavy atom. The van der Waals surface area contributed by atoms with E-state index in [9.17, 15) is 0 Å². The summed E-state index contributed by atoms with van der Waals surface area (Å²) in [5, 5.41) is 3.90. The molecule has 1 aromatic carbocycles. The topological polar surface area (TPSA) is 53.6 Å². The van der Waals surface area contributed by atoms with Crippen LogP contribution in [-0.4, -0.2) is 21.0 Å². The molecular formula is C20H22N4. The Kier molecular flexibility index (Phi) is 3.37. The van der Waals surface area contributed by atoms with Gasteiger partial charge in [0.15, 0.2) is 0 Å². The van der Waals surface area contributed by atoms with Crippen LogP contribution >= 0.6 is 0 Å². The highest BCUT2D eigenvalue weighted by Gasteiger charge is 2.39. The summed E-state index contributed by atoms with van der Waals surface area (Å²) in [4.78, 5) is 12.7. The molecule has 3 unspecified atom stereocenters. The molecule has 0 amide bonds. The normalized spacial score (nSPS) is 27.4. The standard InChI is InChI=1S/C20H22N4/c1-2-4-13(5-3-1)17-10-15(11-18(23-17)14-6-7-14)20-22-12-19-16(24-20)8-9-21-19/h1-5,8-9,12,14-15,17-18,21,23H,6-7,10-11H2. The molecule has 0 radical (unpaired) electrons. The number of piperidine rings is 1. The maximum absolute atomic E-state index is 4.83. The summed E-state index contributed by atoms with van der Waals surface area (Å²) < 4.78 is 0. The zero-order valence-corrected chi connectivity index (χ0v) is 13.7. The smallest absolute Gasteiger partial charge is 0.132 e. The molecule has 3 atom stereocenters. The molecule has 122 valence electrons. The molecular weight excluding hydrogens is 296 g/mol. The molecule has 1 aliphatic heterocycles. The molecule has 2 N–H and O–H groups in total. The van der Waals surface area contributed by atoms with E-state index < -0.39 is 0 Å². The van der Waals surface area contributed by atoms with Gasteiger partial charge in [-0.1, -0.05) is 30.3 Å². The Hall–Kier alpha value is -2.20. The van der Waals surface area contributed by atoms with Crippen LogP contribution in [0.1, 0.15) is 49.0 Å². The Bertz CT molecular complexity index is 837. The third kappa shape index (κ3) is 2.61. The lowest BCUT2D eigenvalue weighted by Gasteiger charge is -2.36. The summed E-state index contributed by atoms with van der Waals surface area (Å²) in [6.07, 6.45) is 8.83. The molecule has 4 heteroatoms. The van der Waals surface area contributed by atoms with Crippen molar-refractivity contribution in [2.45, 2.75) is 43.7 Å². The minimum absolute atomic E-state index is 0.404. The molecule has 5 rings (SSSR count). The fraction of sp³-hybridized carbons (Fsp3) is 0.400. The van der Waals surface area contributed by atoms with Crippen molar-refractivity contribution in [1.29, 1.82) is 0 Å². The van der Waals surface area contributed by atoms with Crippen LogP contribution < -0.4 is 5.32 Å². The van der Waals surface area contributed by atoms with Crippen molar-refractivity contribution in [3.8, 4) is 0 Å². The molecule has 3 heterocycles. The fourth-order valence-corrected chi connectivity index (χ4v) is 4.09. The summed E-state index contributed by atoms with van der Waals surface area (Å²) in [7, 11) is 0. The molecule has 1 saturated carbocycles. The van der Waals surface area contributed by atoms with E-state index in [1.54, 1.807) is 0 Å². The number of fused-ring (bicyclic) bond motifs is 1. The molecule has 2 aliphatic rings. The van der Waals surface area contributed by atoms with Crippen LogP contribution in [0.2, 0.25) is 0 Å². The minimum atomic E-state index is 0.404. The first-order valence-corrected chi connectivity index (χ1v) is 8.98. The van der Waals surface area contributed by atoms with Crippen LogP contribution in [-0.2, 0) is 0 Å². The summed E-state index contributed by atoms with van der Waals surface area (Å²) in [6.45, 7) is 0. The van der Waals surface area contributed by atoms with Crippen molar-refractivity contribution < 1.29 is 0 Å². The average molecular weight is 318 g/mol. The number of nitrogens with zero attached hydrogens (tertiary/aromatic N) is 2. The Morgan fingerprint density at radius 2 is 1.88 bits per heavy atom. The third-order valence-electron chi connectivity index (χ3n) is 5.55. The van der Waals surface area contributed by atoms with Gasteiger partial charge in [-0.05, 0) is 43.2 Å². The molecule has 1 aliphatic carbocycles. The third-order valence-corrected chi connectivity index (χ3v) is 5.55. The summed E-state index contributed by atoms with van der Waals surface area (Å²) >= 11 is 0. The Labute approximate surface area is 141 Å². The second-order valence-corrected chi connectivity index (χ2v) is 7.25. The average Bonchev–Trinajstić information content (AvgIpc) is 3.39. The minimum Gasteiger partial charge on any atom is -0.359 e. The van der Waals surface area contributed by atoms with E-state index >= 15 is 0 Å². The van der Waals surface area contributed by atoms with Crippen LogP contribution in [0.5, 0.6) is 0 Å². The van der Waals surface area contributed by atoms with Gasteiger partial charge < -0.3 is 10.3 Å². The first kappa shape index (κ1) is 14.2. The second kappa shape index (κ2) is 5.71. The van der Waals surface area contributed by atoms with Gasteiger partial charge in [-0.2, -0.15) is 0 Å². The zero-order chi connectivity index (χ0) is 15.9. The predicted octanol–water partition coefficient (Wildman–Crippen LogP) is 3.94. The molecule has 4 nitrogen and oxygen atoms in total. The van der Waals surface area contributed by atoms with E-state index in [1.165, 1.54) is 18.4 Å². The van der Waals surface area contributed by atoms with Crippen molar-refractivity contribution in [2.24, 2.45) is 5.92 Å². The number of H-pyrrole nitrogens is 1. The molecule has 2 aromatic heterocycles. The molecule has 1 saturated heterocycles. The van der Waals surface area contributed by atoms with Gasteiger partial charge in [-0.25, -0.2) is 9.97 Å². The van der Waals surface area contributed by atoms with E-state index in [1.807, 2.05) is 18.5 Å². The summed E-state index contributed by atoms with van der Waals surface area (Å²) in [5.74, 6) is 2.28. The van der Waals surface area contributed by atoms with Crippen LogP contribution in [0.3, 0.4) is 0 Å². The van der Waals surface area contributed by atoms with Gasteiger partial charge >= 0.3 is 0 Å². The SMILES string of the molecule is c1ccc(C2CC(c3ncc4[nH]ccc4n3)CC(C3CC3)N2)cc1. The fourth-order valence-electron chi connectivity index (χ4n) is 4.09. The van der Waals surface area contributed by atoms with Gasteiger partial charge in [0, 0.05) is 24.2 Å². The number of benzene rings is 1. The predicted molar refractivity (Wildman–Crippen MR) is 94.7 cm³/mol. The monoisotopic (exact) mass is 318 g/mol. The van der Waals surface area contributed by atoms with Crippen molar-refractivity contribution in [3.63, 3.8) is 0 Å². The zero-order valence-electron chi connectivity index (χ0n) is 13.7. The molecule has 0 bridgehead atoms. The van der Waals surface area contributed by atoms with E-state index in [0.717, 1.165) is 35.6 Å². The maximum Gasteiger partial charge on any atom is 0.132 e. The van der Waals surface area contributed by atoms with Gasteiger partial charge in [-0.3, -0.25) is 0 Å². The van der Waals surface area contributed by atoms with Gasteiger partial charge in [0.1, 0.15) is 5.82 Å². The number of hydrogen-bond acceptors (Lipinski definition) is 3. The number of aromatic nitrogens is 3. The van der Waals surface area contributed by atoms with Crippen molar-refractivity contribution in [1.82, 2.24) is 20.3 Å². The van der Waals surface area contributed by atoms with Gasteiger partial charge in [0.2, 0.25) is 0 Å². The van der Waals surface area contributed by atoms with Crippen molar-refractivity contribution >= 4 is 11.0 Å². The van der Waals surface area contributed by atoms with E-state index in [4.69, 9.17) is 4.98 Å². The van der Waals surface area contributed by atoms with Crippen LogP contribution in [0.15, 0.2) is 48.8 Å². The Balaban J connectivity index is 1.47. The first-order valence-electron chi connectivity index (χ1n) is 8.98. The highest BCUT2D eigenvalue weighted by atomic mass is 15.0. The quantitative estimate of drug-likeness (QED) is 0.769. The van der Waals surface area contributed by atoms with E-state index in [-0.39, 0.29) is 0 Å². The number of aromatic amines is 1. The van der Waals surface area contributed by atoms with Crippen LogP contribution in [0.25, 0.3) is 11.0 Å². The molecule has 3 aromatic rings. The van der Waals surface area contributed by atoms with Crippen LogP contribution in [0.4, 0.5) is 0 Å². The maximum atomic E-state index is 4.83. The number of rotatable bonds is 3. The summed E-state index contributed by atoms with van der Waals surface area (Å²) in [6, 6.07) is 13.9. The van der Waals surface area contributed by atoms with Crippen LogP contribution in [0, 0.1) is 5.92 Å². The lowest BCUT2D eigenvalue weighted by molar-refractivity contribution is 0.266. The van der Waals surface area contributed by atoms with Gasteiger partial charge in [0.25, 0.3) is 0 Å². The molecule has 24 heavy (non-hydrogen) atoms. The largest absolute Gasteiger partial charge is 0.359 e. The van der Waals surface area contributed by atoms with E-state index in [2.05, 4.69) is 45.6 Å². The number of hydrogen-bond donors (Lipinski definition) is 2. The van der Waals surface area contributed by atoms with Gasteiger partial charge in [-0.15, -0.1) is 0 Å². The highest BCUT2D eigenvalue weighted by Crippen LogP contribution is 2.43. The number of nitrogens with one attached hydrogen (secondary N) is 2. The first-order chi connectivity index (χ1) is 11.9. The molecule has 2 fully saturated rings. The van der Waals surface area contributed by atoms with E-state index in [0.29, 0.717) is 18.0 Å². The van der Waals surface area contributed by atoms with Crippen molar-refractivity contribution in [3.05, 3.63) is 60.2 Å². The van der Waals surface area contributed by atoms with Gasteiger partial charge in [0.05, 0.1) is 17.2 Å².